The number of para-hydroxylation sites is 1. The summed E-state index contributed by atoms with van der Waals surface area (Å²) in [6.45, 7) is 5.74. The first-order valence-corrected chi connectivity index (χ1v) is 5.54. The van der Waals surface area contributed by atoms with Crippen molar-refractivity contribution in [3.63, 3.8) is 0 Å². The molecule has 0 saturated heterocycles. The highest BCUT2D eigenvalue weighted by Crippen LogP contribution is 2.28. The van der Waals surface area contributed by atoms with Crippen molar-refractivity contribution in [1.82, 2.24) is 0 Å². The Balaban J connectivity index is 2.90. The predicted molar refractivity (Wildman–Crippen MR) is 62.9 cm³/mol. The molecule has 0 aromatic heterocycles. The molecule has 2 atom stereocenters. The summed E-state index contributed by atoms with van der Waals surface area (Å²) in [6, 6.07) is 7.61. The first-order chi connectivity index (χ1) is 7.56. The number of carboxylic acids is 1. The summed E-state index contributed by atoms with van der Waals surface area (Å²) in [6.07, 6.45) is 0.187. The van der Waals surface area contributed by atoms with Crippen LogP contribution in [0.5, 0.6) is 5.75 Å². The van der Waals surface area contributed by atoms with Crippen LogP contribution in [0.25, 0.3) is 0 Å². The first-order valence-electron chi connectivity index (χ1n) is 5.54. The molecule has 0 bridgehead atoms. The van der Waals surface area contributed by atoms with Crippen molar-refractivity contribution in [2.75, 3.05) is 0 Å². The predicted octanol–water partition coefficient (Wildman–Crippen LogP) is 3.05. The van der Waals surface area contributed by atoms with E-state index in [1.54, 1.807) is 0 Å². The average molecular weight is 222 g/mol. The van der Waals surface area contributed by atoms with Crippen LogP contribution in [0.15, 0.2) is 24.3 Å². The van der Waals surface area contributed by atoms with Gasteiger partial charge in [0.05, 0.1) is 0 Å². The fourth-order valence-electron chi connectivity index (χ4n) is 1.46. The Kier molecular flexibility index (Phi) is 4.35. The number of carboxylic acid groups (broad SMARTS) is 1. The molecule has 3 nitrogen and oxygen atoms in total. The van der Waals surface area contributed by atoms with E-state index in [-0.39, 0.29) is 0 Å². The van der Waals surface area contributed by atoms with Gasteiger partial charge in [0.15, 0.2) is 6.10 Å². The second kappa shape index (κ2) is 5.54. The minimum absolute atomic E-state index is 0.372. The van der Waals surface area contributed by atoms with Gasteiger partial charge in [-0.05, 0) is 30.9 Å². The summed E-state index contributed by atoms with van der Waals surface area (Å²) in [4.78, 5) is 10.7. The van der Waals surface area contributed by atoms with E-state index in [0.717, 1.165) is 12.0 Å². The molecule has 2 unspecified atom stereocenters. The molecule has 1 rings (SSSR count). The molecule has 1 aromatic rings. The van der Waals surface area contributed by atoms with Gasteiger partial charge in [-0.25, -0.2) is 4.79 Å². The second-order valence-electron chi connectivity index (χ2n) is 3.95. The third-order valence-electron chi connectivity index (χ3n) is 2.71. The maximum absolute atomic E-state index is 10.7. The normalized spacial score (nSPS) is 14.2. The van der Waals surface area contributed by atoms with E-state index >= 15 is 0 Å². The van der Waals surface area contributed by atoms with E-state index in [9.17, 15) is 4.79 Å². The summed E-state index contributed by atoms with van der Waals surface area (Å²) < 4.78 is 5.43. The third kappa shape index (κ3) is 2.99. The molecule has 0 spiro atoms. The molecule has 3 heteroatoms. The Labute approximate surface area is 96.1 Å². The molecule has 1 aromatic carbocycles. The molecule has 16 heavy (non-hydrogen) atoms. The lowest BCUT2D eigenvalue weighted by molar-refractivity contribution is -0.144. The van der Waals surface area contributed by atoms with Crippen molar-refractivity contribution < 1.29 is 14.6 Å². The maximum Gasteiger partial charge on any atom is 0.344 e. The van der Waals surface area contributed by atoms with Crippen LogP contribution in [-0.4, -0.2) is 17.2 Å². The third-order valence-corrected chi connectivity index (χ3v) is 2.71. The Morgan fingerprint density at radius 1 is 1.38 bits per heavy atom. The van der Waals surface area contributed by atoms with Crippen molar-refractivity contribution in [2.24, 2.45) is 0 Å². The van der Waals surface area contributed by atoms with Crippen molar-refractivity contribution in [1.29, 1.82) is 0 Å². The molecule has 0 heterocycles. The van der Waals surface area contributed by atoms with Crippen molar-refractivity contribution in [3.8, 4) is 5.75 Å². The highest BCUT2D eigenvalue weighted by molar-refractivity contribution is 5.72. The first kappa shape index (κ1) is 12.6. The van der Waals surface area contributed by atoms with Crippen LogP contribution in [0.4, 0.5) is 0 Å². The van der Waals surface area contributed by atoms with Crippen LogP contribution in [0.1, 0.15) is 38.7 Å². The number of hydrogen-bond donors (Lipinski definition) is 1. The zero-order chi connectivity index (χ0) is 12.1. The van der Waals surface area contributed by atoms with Gasteiger partial charge in [-0.3, -0.25) is 0 Å². The number of ether oxygens (including phenoxy) is 1. The van der Waals surface area contributed by atoms with Gasteiger partial charge in [-0.15, -0.1) is 0 Å². The summed E-state index contributed by atoms with van der Waals surface area (Å²) >= 11 is 0. The number of benzene rings is 1. The van der Waals surface area contributed by atoms with Crippen LogP contribution in [0, 0.1) is 0 Å². The second-order valence-corrected chi connectivity index (χ2v) is 3.95. The Morgan fingerprint density at radius 2 is 2.00 bits per heavy atom. The van der Waals surface area contributed by atoms with Gasteiger partial charge in [-0.1, -0.05) is 32.0 Å². The monoisotopic (exact) mass is 222 g/mol. The molecule has 0 radical (unpaired) electrons. The van der Waals surface area contributed by atoms with Crippen LogP contribution >= 0.6 is 0 Å². The standard InChI is InChI=1S/C13H18O3/c1-4-9(2)11-7-5-6-8-12(11)16-10(3)13(14)15/h5-10H,4H2,1-3H3,(H,14,15). The van der Waals surface area contributed by atoms with E-state index in [1.165, 1.54) is 6.92 Å². The van der Waals surface area contributed by atoms with Crippen LogP contribution in [0.3, 0.4) is 0 Å². The van der Waals surface area contributed by atoms with E-state index < -0.39 is 12.1 Å². The van der Waals surface area contributed by atoms with Crippen molar-refractivity contribution >= 4 is 5.97 Å². The number of carbonyl (C=O) groups is 1. The van der Waals surface area contributed by atoms with E-state index in [4.69, 9.17) is 9.84 Å². The topological polar surface area (TPSA) is 46.5 Å². The van der Waals surface area contributed by atoms with Gasteiger partial charge < -0.3 is 9.84 Å². The molecule has 1 N–H and O–H groups in total. The largest absolute Gasteiger partial charge is 0.479 e. The lowest BCUT2D eigenvalue weighted by Gasteiger charge is -2.17. The highest BCUT2D eigenvalue weighted by Gasteiger charge is 2.16. The molecule has 0 fully saturated rings. The Hall–Kier alpha value is -1.51. The molecule has 0 saturated carbocycles. The highest BCUT2D eigenvalue weighted by atomic mass is 16.5. The number of hydrogen-bond acceptors (Lipinski definition) is 2. The van der Waals surface area contributed by atoms with Gasteiger partial charge in [-0.2, -0.15) is 0 Å². The lowest BCUT2D eigenvalue weighted by atomic mass is 9.98. The minimum atomic E-state index is -0.945. The van der Waals surface area contributed by atoms with Gasteiger partial charge in [0, 0.05) is 0 Å². The summed E-state index contributed by atoms with van der Waals surface area (Å²) in [5, 5.41) is 8.81. The molecule has 88 valence electrons. The van der Waals surface area contributed by atoms with Gasteiger partial charge >= 0.3 is 5.97 Å². The maximum atomic E-state index is 10.7. The minimum Gasteiger partial charge on any atom is -0.479 e. The zero-order valence-electron chi connectivity index (χ0n) is 9.93. The van der Waals surface area contributed by atoms with E-state index in [0.29, 0.717) is 11.7 Å². The molecular weight excluding hydrogens is 204 g/mol. The molecule has 0 aliphatic rings. The number of rotatable bonds is 5. The SMILES string of the molecule is CCC(C)c1ccccc1OC(C)C(=O)O. The Morgan fingerprint density at radius 3 is 2.56 bits per heavy atom. The summed E-state index contributed by atoms with van der Waals surface area (Å²) in [7, 11) is 0. The van der Waals surface area contributed by atoms with E-state index in [1.807, 2.05) is 24.3 Å². The number of aliphatic carboxylic acids is 1. The summed E-state index contributed by atoms with van der Waals surface area (Å²) in [5.41, 5.74) is 1.07. The fourth-order valence-corrected chi connectivity index (χ4v) is 1.46. The molecule has 0 aliphatic heterocycles. The molecule has 0 amide bonds. The fraction of sp³-hybridized carbons (Fsp3) is 0.462. The average Bonchev–Trinajstić information content (AvgIpc) is 2.28. The van der Waals surface area contributed by atoms with E-state index in [2.05, 4.69) is 13.8 Å². The molecule has 0 aliphatic carbocycles. The van der Waals surface area contributed by atoms with Crippen molar-refractivity contribution in [3.05, 3.63) is 29.8 Å². The van der Waals surface area contributed by atoms with Gasteiger partial charge in [0.1, 0.15) is 5.75 Å². The zero-order valence-corrected chi connectivity index (χ0v) is 9.93. The smallest absolute Gasteiger partial charge is 0.344 e. The lowest BCUT2D eigenvalue weighted by Crippen LogP contribution is -2.23. The van der Waals surface area contributed by atoms with Crippen LogP contribution in [-0.2, 0) is 4.79 Å². The van der Waals surface area contributed by atoms with Gasteiger partial charge in [0.2, 0.25) is 0 Å². The summed E-state index contributed by atoms with van der Waals surface area (Å²) in [5.74, 6) is 0.0999. The van der Waals surface area contributed by atoms with Crippen LogP contribution in [0.2, 0.25) is 0 Å². The molecular formula is C13H18O3. The Bertz CT molecular complexity index is 360. The van der Waals surface area contributed by atoms with Gasteiger partial charge in [0.25, 0.3) is 0 Å². The van der Waals surface area contributed by atoms with Crippen molar-refractivity contribution in [2.45, 2.75) is 39.2 Å². The quantitative estimate of drug-likeness (QED) is 0.832. The van der Waals surface area contributed by atoms with Crippen LogP contribution < -0.4 is 4.74 Å².